The lowest BCUT2D eigenvalue weighted by Gasteiger charge is -2.19. The van der Waals surface area contributed by atoms with Crippen molar-refractivity contribution in [3.05, 3.63) is 100 Å². The van der Waals surface area contributed by atoms with Crippen LogP contribution in [0.25, 0.3) is 6.08 Å². The summed E-state index contributed by atoms with van der Waals surface area (Å²) in [5, 5.41) is 0. The zero-order valence-corrected chi connectivity index (χ0v) is 25.8. The molecule has 0 aliphatic carbocycles. The smallest absolute Gasteiger partial charge is 0.342 e. The zero-order valence-electron chi connectivity index (χ0n) is 25.8. The number of ether oxygens (including phenoxy) is 5. The van der Waals surface area contributed by atoms with Crippen molar-refractivity contribution in [2.24, 2.45) is 0 Å². The maximum atomic E-state index is 13.6. The molecule has 0 saturated carbocycles. The number of hydrogen-bond acceptors (Lipinski definition) is 9. The first-order valence-corrected chi connectivity index (χ1v) is 14.9. The number of hydrogen-bond donors (Lipinski definition) is 0. The Morgan fingerprint density at radius 2 is 1.38 bits per heavy atom. The lowest BCUT2D eigenvalue weighted by atomic mass is 10.0. The van der Waals surface area contributed by atoms with Crippen molar-refractivity contribution in [3.63, 3.8) is 0 Å². The number of fused-ring (bicyclic) bond motifs is 1. The molecule has 1 atom stereocenters. The number of allylic oxidation sites excluding steroid dienone is 1. The topological polar surface area (TPSA) is 114 Å². The van der Waals surface area contributed by atoms with Crippen molar-refractivity contribution in [2.75, 3.05) is 14.2 Å². The van der Waals surface area contributed by atoms with Gasteiger partial charge >= 0.3 is 17.9 Å². The zero-order chi connectivity index (χ0) is 32.2. The molecule has 3 aromatic rings. The second-order valence-electron chi connectivity index (χ2n) is 10.8. The summed E-state index contributed by atoms with van der Waals surface area (Å²) in [6, 6.07) is 17.1. The average molecular weight is 615 g/mol. The Balaban J connectivity index is 1.65. The predicted molar refractivity (Wildman–Crippen MR) is 167 cm³/mol. The standard InChI is InChI=1S/C36H38O9/c1-24-8-7-11-30(37)10-6-4-5-9-29-20-31(43-22-25-12-16-27(17-13-25)34(38)41-2)21-32(33(29)36(40)45-24)44-23-26-14-18-28(19-15-26)35(39)42-3/h5,9,12-21,24H,4,6-8,10-11,22-23H2,1-3H3/t24-/m1/s1. The van der Waals surface area contributed by atoms with Gasteiger partial charge in [0, 0.05) is 18.9 Å². The highest BCUT2D eigenvalue weighted by Gasteiger charge is 2.23. The van der Waals surface area contributed by atoms with Gasteiger partial charge in [-0.3, -0.25) is 4.79 Å². The number of Topliss-reactive ketones (excluding diaryl/α,β-unsaturated/α-hetero) is 1. The summed E-state index contributed by atoms with van der Waals surface area (Å²) in [7, 11) is 2.65. The molecule has 0 fully saturated rings. The van der Waals surface area contributed by atoms with E-state index in [9.17, 15) is 19.2 Å². The number of rotatable bonds is 8. The van der Waals surface area contributed by atoms with E-state index in [1.54, 1.807) is 60.7 Å². The fourth-order valence-electron chi connectivity index (χ4n) is 4.83. The van der Waals surface area contributed by atoms with Crippen LogP contribution in [0.3, 0.4) is 0 Å². The molecule has 3 aromatic carbocycles. The van der Waals surface area contributed by atoms with Gasteiger partial charge in [0.1, 0.15) is 36.1 Å². The van der Waals surface area contributed by atoms with E-state index in [0.29, 0.717) is 61.0 Å². The molecule has 0 spiro atoms. The van der Waals surface area contributed by atoms with Crippen molar-refractivity contribution < 1.29 is 42.9 Å². The van der Waals surface area contributed by atoms with Crippen LogP contribution in [0.1, 0.15) is 93.2 Å². The number of methoxy groups -OCH3 is 2. The highest BCUT2D eigenvalue weighted by Crippen LogP contribution is 2.33. The molecule has 1 aliphatic heterocycles. The molecule has 1 heterocycles. The molecule has 236 valence electrons. The molecule has 9 heteroatoms. The molecule has 0 saturated heterocycles. The second kappa shape index (κ2) is 16.2. The molecule has 9 nitrogen and oxygen atoms in total. The second-order valence-corrected chi connectivity index (χ2v) is 10.8. The highest BCUT2D eigenvalue weighted by atomic mass is 16.5. The number of benzene rings is 3. The summed E-state index contributed by atoms with van der Waals surface area (Å²) in [6.07, 6.45) is 6.93. The molecular weight excluding hydrogens is 576 g/mol. The minimum Gasteiger partial charge on any atom is -0.489 e. The van der Waals surface area contributed by atoms with Gasteiger partial charge in [-0.15, -0.1) is 0 Å². The van der Waals surface area contributed by atoms with E-state index in [2.05, 4.69) is 0 Å². The lowest BCUT2D eigenvalue weighted by Crippen LogP contribution is -2.18. The summed E-state index contributed by atoms with van der Waals surface area (Å²) in [5.41, 5.74) is 3.28. The molecule has 0 amide bonds. The Morgan fingerprint density at radius 1 is 0.800 bits per heavy atom. The lowest BCUT2D eigenvalue weighted by molar-refractivity contribution is -0.119. The Hall–Kier alpha value is -4.92. The van der Waals surface area contributed by atoms with Crippen molar-refractivity contribution in [2.45, 2.75) is 64.8 Å². The monoisotopic (exact) mass is 614 g/mol. The van der Waals surface area contributed by atoms with Gasteiger partial charge in [0.15, 0.2) is 0 Å². The van der Waals surface area contributed by atoms with Crippen molar-refractivity contribution in [1.29, 1.82) is 0 Å². The minimum absolute atomic E-state index is 0.112. The average Bonchev–Trinajstić information content (AvgIpc) is 3.05. The summed E-state index contributed by atoms with van der Waals surface area (Å²) < 4.78 is 27.7. The van der Waals surface area contributed by atoms with Crippen LogP contribution in [0.15, 0.2) is 66.7 Å². The van der Waals surface area contributed by atoms with Gasteiger partial charge < -0.3 is 23.7 Å². The third-order valence-corrected chi connectivity index (χ3v) is 7.36. The summed E-state index contributed by atoms with van der Waals surface area (Å²) >= 11 is 0. The first kappa shape index (κ1) is 33.0. The van der Waals surface area contributed by atoms with Crippen molar-refractivity contribution in [3.8, 4) is 11.5 Å². The molecule has 1 aliphatic rings. The van der Waals surface area contributed by atoms with Crippen LogP contribution in [0.4, 0.5) is 0 Å². The van der Waals surface area contributed by atoms with E-state index in [0.717, 1.165) is 11.1 Å². The van der Waals surface area contributed by atoms with E-state index in [-0.39, 0.29) is 30.3 Å². The molecule has 0 bridgehead atoms. The van der Waals surface area contributed by atoms with Crippen LogP contribution in [0.2, 0.25) is 0 Å². The van der Waals surface area contributed by atoms with Gasteiger partial charge in [-0.1, -0.05) is 36.4 Å². The number of carbonyl (C=O) groups excluding carboxylic acids is 4. The molecular formula is C36H38O9. The predicted octanol–water partition coefficient (Wildman–Crippen LogP) is 6.90. The summed E-state index contributed by atoms with van der Waals surface area (Å²) in [5.74, 6) is -0.440. The number of ketones is 1. The normalized spacial score (nSPS) is 15.7. The molecule has 0 N–H and O–H groups in total. The molecule has 0 radical (unpaired) electrons. The van der Waals surface area contributed by atoms with Crippen LogP contribution in [-0.2, 0) is 32.2 Å². The highest BCUT2D eigenvalue weighted by molar-refractivity contribution is 5.97. The molecule has 45 heavy (non-hydrogen) atoms. The summed E-state index contributed by atoms with van der Waals surface area (Å²) in [6.45, 7) is 2.12. The molecule has 0 aromatic heterocycles. The Bertz CT molecular complexity index is 1520. The number of esters is 3. The first-order chi connectivity index (χ1) is 21.8. The quantitative estimate of drug-likeness (QED) is 0.197. The fraction of sp³-hybridized carbons (Fsp3) is 0.333. The summed E-state index contributed by atoms with van der Waals surface area (Å²) in [4.78, 5) is 49.5. The fourth-order valence-corrected chi connectivity index (χ4v) is 4.83. The van der Waals surface area contributed by atoms with Gasteiger partial charge in [0.2, 0.25) is 0 Å². The van der Waals surface area contributed by atoms with Gasteiger partial charge in [0.25, 0.3) is 0 Å². The van der Waals surface area contributed by atoms with Gasteiger partial charge in [-0.2, -0.15) is 0 Å². The van der Waals surface area contributed by atoms with Crippen LogP contribution >= 0.6 is 0 Å². The van der Waals surface area contributed by atoms with Crippen LogP contribution in [-0.4, -0.2) is 44.0 Å². The molecule has 0 unspecified atom stereocenters. The minimum atomic E-state index is -0.536. The van der Waals surface area contributed by atoms with Gasteiger partial charge in [-0.25, -0.2) is 14.4 Å². The van der Waals surface area contributed by atoms with E-state index in [1.807, 2.05) is 19.1 Å². The van der Waals surface area contributed by atoms with E-state index in [4.69, 9.17) is 23.7 Å². The van der Waals surface area contributed by atoms with Crippen LogP contribution in [0.5, 0.6) is 11.5 Å². The SMILES string of the molecule is COC(=O)c1ccc(COc2cc3c(c(OCc4ccc(C(=O)OC)cc4)c2)C(=O)O[C@H](C)CCCC(=O)CCCC=C3)cc1. The number of cyclic esters (lactones) is 1. The van der Waals surface area contributed by atoms with Gasteiger partial charge in [0.05, 0.1) is 31.5 Å². The van der Waals surface area contributed by atoms with E-state index < -0.39 is 24.0 Å². The maximum absolute atomic E-state index is 13.6. The third kappa shape index (κ3) is 9.53. The largest absolute Gasteiger partial charge is 0.489 e. The Labute approximate surface area is 263 Å². The molecule has 4 rings (SSSR count). The number of carbonyl (C=O) groups is 4. The first-order valence-electron chi connectivity index (χ1n) is 14.9. The van der Waals surface area contributed by atoms with Crippen molar-refractivity contribution >= 4 is 29.8 Å². The van der Waals surface area contributed by atoms with Crippen molar-refractivity contribution in [1.82, 2.24) is 0 Å². The third-order valence-electron chi connectivity index (χ3n) is 7.36. The van der Waals surface area contributed by atoms with Crippen LogP contribution < -0.4 is 9.47 Å². The Kier molecular flexibility index (Phi) is 11.9. The van der Waals surface area contributed by atoms with Crippen LogP contribution in [0, 0.1) is 0 Å². The van der Waals surface area contributed by atoms with E-state index >= 15 is 0 Å². The van der Waals surface area contributed by atoms with Gasteiger partial charge in [-0.05, 0) is 79.6 Å². The van der Waals surface area contributed by atoms with E-state index in [1.165, 1.54) is 14.2 Å². The Morgan fingerprint density at radius 3 is 1.98 bits per heavy atom. The maximum Gasteiger partial charge on any atom is 0.342 e.